The Kier molecular flexibility index (Phi) is 15.8. The Labute approximate surface area is 259 Å². The van der Waals surface area contributed by atoms with E-state index in [0.29, 0.717) is 0 Å². The summed E-state index contributed by atoms with van der Waals surface area (Å²) in [6.45, 7) is -1.84. The van der Waals surface area contributed by atoms with Crippen LogP contribution in [0, 0.1) is 0 Å². The number of nitrogens with one attached hydrogen (secondary N) is 6. The minimum Gasteiger partial charge on any atom is -0.481 e. The molecule has 0 spiro atoms. The molecule has 0 fully saturated rings. The molecule has 0 bridgehead atoms. The van der Waals surface area contributed by atoms with Gasteiger partial charge in [-0.25, -0.2) is 4.98 Å². The van der Waals surface area contributed by atoms with Crippen LogP contribution in [0.5, 0.6) is 0 Å². The number of amides is 7. The molecule has 46 heavy (non-hydrogen) atoms. The second-order valence-corrected chi connectivity index (χ2v) is 9.70. The number of primary amides is 2. The molecule has 5 atom stereocenters. The minimum absolute atomic E-state index is 0.281. The van der Waals surface area contributed by atoms with Crippen LogP contribution in [0.3, 0.4) is 0 Å². The molecular formula is C24H36N10O12. The number of imidazole rings is 1. The number of aliphatic hydroxyl groups excluding tert-OH is 1. The first-order valence-corrected chi connectivity index (χ1v) is 13.4. The van der Waals surface area contributed by atoms with Gasteiger partial charge in [0.15, 0.2) is 0 Å². The predicted molar refractivity (Wildman–Crippen MR) is 150 cm³/mol. The lowest BCUT2D eigenvalue weighted by Crippen LogP contribution is -2.60. The van der Waals surface area contributed by atoms with Crippen LogP contribution in [-0.2, 0) is 49.6 Å². The van der Waals surface area contributed by atoms with Crippen molar-refractivity contribution in [2.75, 3.05) is 13.2 Å². The number of hydrogen-bond acceptors (Lipinski definition) is 12. The molecule has 1 heterocycles. The Hall–Kier alpha value is -5.64. The molecule has 22 nitrogen and oxygen atoms in total. The number of nitrogens with two attached hydrogens (primary N) is 3. The smallest absolute Gasteiger partial charge is 0.322 e. The van der Waals surface area contributed by atoms with E-state index < -0.39 is 116 Å². The average molecular weight is 657 g/mol. The highest BCUT2D eigenvalue weighted by atomic mass is 16.4. The molecule has 254 valence electrons. The third-order valence-corrected chi connectivity index (χ3v) is 5.92. The maximum Gasteiger partial charge on any atom is 0.322 e. The largest absolute Gasteiger partial charge is 0.481 e. The fourth-order valence-electron chi connectivity index (χ4n) is 3.63. The maximum absolute atomic E-state index is 13.3. The summed E-state index contributed by atoms with van der Waals surface area (Å²) < 4.78 is 0. The summed E-state index contributed by atoms with van der Waals surface area (Å²) in [7, 11) is 0. The first-order valence-electron chi connectivity index (χ1n) is 13.4. The van der Waals surface area contributed by atoms with Gasteiger partial charge in [0.05, 0.1) is 31.8 Å². The summed E-state index contributed by atoms with van der Waals surface area (Å²) >= 11 is 0. The topological polar surface area (TPSA) is 381 Å². The van der Waals surface area contributed by atoms with Crippen LogP contribution in [0.15, 0.2) is 12.5 Å². The third kappa shape index (κ3) is 14.2. The molecule has 15 N–H and O–H groups in total. The normalized spacial score (nSPS) is 13.9. The number of rotatable bonds is 21. The van der Waals surface area contributed by atoms with Crippen molar-refractivity contribution in [2.45, 2.75) is 62.3 Å². The number of H-pyrrole nitrogens is 1. The summed E-state index contributed by atoms with van der Waals surface area (Å²) in [5.41, 5.74) is 16.2. The fourth-order valence-corrected chi connectivity index (χ4v) is 3.63. The van der Waals surface area contributed by atoms with Gasteiger partial charge in [-0.1, -0.05) is 0 Å². The first-order chi connectivity index (χ1) is 21.5. The van der Waals surface area contributed by atoms with Crippen LogP contribution in [0.2, 0.25) is 0 Å². The molecule has 0 aromatic carbocycles. The third-order valence-electron chi connectivity index (χ3n) is 5.92. The molecule has 0 aliphatic rings. The van der Waals surface area contributed by atoms with Crippen molar-refractivity contribution in [3.63, 3.8) is 0 Å². The van der Waals surface area contributed by atoms with E-state index in [1.165, 1.54) is 12.5 Å². The van der Waals surface area contributed by atoms with Gasteiger partial charge in [-0.15, -0.1) is 0 Å². The number of nitrogens with zero attached hydrogens (tertiary/aromatic N) is 1. The molecule has 0 saturated heterocycles. The number of hydrogen-bond donors (Lipinski definition) is 12. The lowest BCUT2D eigenvalue weighted by Gasteiger charge is -2.25. The molecule has 0 aliphatic heterocycles. The van der Waals surface area contributed by atoms with Gasteiger partial charge in [-0.05, 0) is 6.42 Å². The highest BCUT2D eigenvalue weighted by molar-refractivity contribution is 5.98. The molecule has 0 unspecified atom stereocenters. The number of carboxylic acid groups (broad SMARTS) is 2. The molecule has 22 heteroatoms. The van der Waals surface area contributed by atoms with E-state index in [4.69, 9.17) is 27.4 Å². The van der Waals surface area contributed by atoms with Gasteiger partial charge in [-0.2, -0.15) is 0 Å². The van der Waals surface area contributed by atoms with Crippen LogP contribution in [-0.4, -0.2) is 122 Å². The molecule has 7 amide bonds. The van der Waals surface area contributed by atoms with E-state index in [0.717, 1.165) is 0 Å². The Morgan fingerprint density at radius 1 is 0.739 bits per heavy atom. The van der Waals surface area contributed by atoms with Crippen LogP contribution in [0.1, 0.15) is 31.4 Å². The minimum atomic E-state index is -1.80. The lowest BCUT2D eigenvalue weighted by atomic mass is 10.1. The molecular weight excluding hydrogens is 620 g/mol. The molecule has 0 radical (unpaired) electrons. The van der Waals surface area contributed by atoms with E-state index in [9.17, 15) is 48.3 Å². The number of aromatic nitrogens is 2. The predicted octanol–water partition coefficient (Wildman–Crippen LogP) is -6.97. The zero-order valence-electron chi connectivity index (χ0n) is 24.2. The molecule has 1 aromatic rings. The van der Waals surface area contributed by atoms with E-state index in [-0.39, 0.29) is 18.5 Å². The second kappa shape index (κ2) is 18.9. The van der Waals surface area contributed by atoms with Crippen LogP contribution >= 0.6 is 0 Å². The second-order valence-electron chi connectivity index (χ2n) is 9.70. The quantitative estimate of drug-likeness (QED) is 0.0585. The Bertz CT molecular complexity index is 1290. The molecule has 0 aliphatic carbocycles. The van der Waals surface area contributed by atoms with E-state index in [1.54, 1.807) is 0 Å². The molecule has 0 saturated carbocycles. The van der Waals surface area contributed by atoms with Crippen molar-refractivity contribution in [3.05, 3.63) is 18.2 Å². The van der Waals surface area contributed by atoms with Gasteiger partial charge >= 0.3 is 11.9 Å². The number of carboxylic acids is 2. The summed E-state index contributed by atoms with van der Waals surface area (Å²) in [5.74, 6) is -10.3. The zero-order chi connectivity index (χ0) is 35.0. The van der Waals surface area contributed by atoms with Gasteiger partial charge in [0.1, 0.15) is 30.7 Å². The van der Waals surface area contributed by atoms with Crippen LogP contribution < -0.4 is 43.8 Å². The highest BCUT2D eigenvalue weighted by Gasteiger charge is 2.33. The first kappa shape index (κ1) is 38.4. The van der Waals surface area contributed by atoms with Crippen molar-refractivity contribution in [2.24, 2.45) is 17.2 Å². The molecule has 1 aromatic heterocycles. The summed E-state index contributed by atoms with van der Waals surface area (Å²) in [5, 5.41) is 37.9. The van der Waals surface area contributed by atoms with Crippen molar-refractivity contribution in [3.8, 4) is 0 Å². The average Bonchev–Trinajstić information content (AvgIpc) is 3.48. The number of aliphatic carboxylic acids is 2. The van der Waals surface area contributed by atoms with Crippen molar-refractivity contribution in [1.82, 2.24) is 36.6 Å². The van der Waals surface area contributed by atoms with E-state index in [1.807, 2.05) is 5.32 Å². The number of aliphatic hydroxyl groups is 1. The van der Waals surface area contributed by atoms with Gasteiger partial charge in [0.25, 0.3) is 0 Å². The summed E-state index contributed by atoms with van der Waals surface area (Å²) in [6.07, 6.45) is -0.137. The Morgan fingerprint density at radius 3 is 1.72 bits per heavy atom. The monoisotopic (exact) mass is 656 g/mol. The number of carbonyl (C=O) groups is 9. The fraction of sp³-hybridized carbons (Fsp3) is 0.500. The standard InChI is InChI=1S/C24H36N10O12/c25-11(1-2-18(38)39)20(42)34-15(8-35)24(46)31-12(3-10-6-28-9-30-10)22(44)33-14(5-17(27)37)23(45)32-13(4-16(26)36)21(43)29-7-19(40)41/h6,9,11-15,35H,1-5,7-8,25H2,(H2,26,36)(H2,27,37)(H,28,30)(H,29,43)(H,31,46)(H,32,45)(H,33,44)(H,34,42)(H,38,39)(H,40,41)/t11-,12-,13-,14-,15-/m0/s1. The Balaban J connectivity index is 3.17. The van der Waals surface area contributed by atoms with E-state index >= 15 is 0 Å². The highest BCUT2D eigenvalue weighted by Crippen LogP contribution is 2.04. The van der Waals surface area contributed by atoms with Crippen LogP contribution in [0.4, 0.5) is 0 Å². The number of carbonyl (C=O) groups excluding carboxylic acids is 7. The number of aromatic amines is 1. The zero-order valence-corrected chi connectivity index (χ0v) is 24.2. The van der Waals surface area contributed by atoms with Crippen LogP contribution in [0.25, 0.3) is 0 Å². The maximum atomic E-state index is 13.3. The van der Waals surface area contributed by atoms with E-state index in [2.05, 4.69) is 31.2 Å². The lowest BCUT2D eigenvalue weighted by molar-refractivity contribution is -0.139. The SMILES string of the molecule is NC(=O)C[C@H](NC(=O)[C@H](CC(N)=O)NC(=O)[C@H](Cc1cnc[nH]1)NC(=O)[C@H](CO)NC(=O)[C@@H](N)CCC(=O)O)C(=O)NCC(=O)O. The summed E-state index contributed by atoms with van der Waals surface area (Å²) in [4.78, 5) is 115. The van der Waals surface area contributed by atoms with Crippen molar-refractivity contribution < 1.29 is 58.5 Å². The van der Waals surface area contributed by atoms with Gasteiger partial charge < -0.3 is 64.1 Å². The molecule has 1 rings (SSSR count). The Morgan fingerprint density at radius 2 is 1.24 bits per heavy atom. The van der Waals surface area contributed by atoms with Gasteiger partial charge in [-0.3, -0.25) is 43.2 Å². The van der Waals surface area contributed by atoms with Crippen molar-refractivity contribution >= 4 is 53.3 Å². The summed E-state index contributed by atoms with van der Waals surface area (Å²) in [6, 6.07) is -8.09. The van der Waals surface area contributed by atoms with Gasteiger partial charge in [0.2, 0.25) is 41.4 Å². The van der Waals surface area contributed by atoms with Crippen molar-refractivity contribution in [1.29, 1.82) is 0 Å². The van der Waals surface area contributed by atoms with Gasteiger partial charge in [0, 0.05) is 24.7 Å².